The van der Waals surface area contributed by atoms with E-state index in [1.165, 1.54) is 37.7 Å². The molecule has 2 spiro atoms. The third kappa shape index (κ3) is 4.08. The Morgan fingerprint density at radius 2 is 1.60 bits per heavy atom. The third-order valence-electron chi connectivity index (χ3n) is 11.4. The minimum atomic E-state index is -0.813. The number of rotatable bonds is 4. The van der Waals surface area contributed by atoms with Gasteiger partial charge in [0, 0.05) is 62.5 Å². The second-order valence-electron chi connectivity index (χ2n) is 13.3. The SMILES string of the molecule is Oc1ccc(C2CCC3(OOCOO3)C3(C2)C2CC4CC(C2)CC3C4)cc1CN1CCN(c2ncccn2)CC1. The standard InChI is InChI=1S/C31H40N4O5/c36-28-3-2-23(17-25(28)19-34-8-10-35(11-9-34)29-32-6-1-7-33-29)24-4-5-31(39-37-20-38-40-31)30(18-24)26-13-21-12-22(15-26)16-27(30)14-21/h1-3,6-7,17,21-22,24,26-27,36H,4-5,8-16,18-20H2. The maximum atomic E-state index is 10.9. The zero-order chi connectivity index (χ0) is 26.7. The molecule has 0 amide bonds. The Kier molecular flexibility index (Phi) is 6.30. The fourth-order valence-corrected chi connectivity index (χ4v) is 9.83. The second-order valence-corrected chi connectivity index (χ2v) is 13.3. The summed E-state index contributed by atoms with van der Waals surface area (Å²) in [6.45, 7) is 4.36. The Labute approximate surface area is 235 Å². The normalized spacial score (nSPS) is 36.9. The summed E-state index contributed by atoms with van der Waals surface area (Å²) >= 11 is 0. The third-order valence-corrected chi connectivity index (χ3v) is 11.4. The Morgan fingerprint density at radius 1 is 0.900 bits per heavy atom. The number of anilines is 1. The van der Waals surface area contributed by atoms with Gasteiger partial charge in [0.05, 0.1) is 0 Å². The van der Waals surface area contributed by atoms with Gasteiger partial charge in [-0.15, -0.1) is 0 Å². The van der Waals surface area contributed by atoms with Crippen molar-refractivity contribution in [2.45, 2.75) is 69.6 Å². The molecule has 9 rings (SSSR count). The molecule has 7 aliphatic rings. The van der Waals surface area contributed by atoms with Crippen LogP contribution in [0.15, 0.2) is 36.7 Å². The molecule has 9 heteroatoms. The monoisotopic (exact) mass is 548 g/mol. The highest BCUT2D eigenvalue weighted by molar-refractivity contribution is 5.39. The Morgan fingerprint density at radius 3 is 2.30 bits per heavy atom. The minimum absolute atomic E-state index is 0.0236. The maximum absolute atomic E-state index is 10.9. The summed E-state index contributed by atoms with van der Waals surface area (Å²) in [5, 5.41) is 10.9. The molecule has 0 radical (unpaired) electrons. The fourth-order valence-electron chi connectivity index (χ4n) is 9.83. The van der Waals surface area contributed by atoms with E-state index in [1.54, 1.807) is 12.4 Å². The van der Waals surface area contributed by atoms with Crippen LogP contribution in [-0.4, -0.2) is 58.7 Å². The molecule has 214 valence electrons. The van der Waals surface area contributed by atoms with Crippen LogP contribution in [0.1, 0.15) is 68.4 Å². The molecule has 2 saturated heterocycles. The summed E-state index contributed by atoms with van der Waals surface area (Å²) in [6, 6.07) is 8.17. The average molecular weight is 549 g/mol. The first-order chi connectivity index (χ1) is 19.6. The van der Waals surface area contributed by atoms with Gasteiger partial charge in [0.2, 0.25) is 18.5 Å². The maximum Gasteiger partial charge on any atom is 0.240 e. The molecule has 2 aromatic rings. The van der Waals surface area contributed by atoms with Crippen LogP contribution in [0.3, 0.4) is 0 Å². The van der Waals surface area contributed by atoms with Crippen LogP contribution in [-0.2, 0) is 26.1 Å². The van der Waals surface area contributed by atoms with Gasteiger partial charge in [0.1, 0.15) is 5.75 Å². The van der Waals surface area contributed by atoms with Crippen LogP contribution in [0.25, 0.3) is 0 Å². The van der Waals surface area contributed by atoms with Crippen LogP contribution in [0.4, 0.5) is 5.95 Å². The van der Waals surface area contributed by atoms with Crippen LogP contribution in [0.2, 0.25) is 0 Å². The van der Waals surface area contributed by atoms with Crippen molar-refractivity contribution >= 4 is 5.95 Å². The van der Waals surface area contributed by atoms with Crippen molar-refractivity contribution in [2.75, 3.05) is 37.9 Å². The Balaban J connectivity index is 1.02. The summed E-state index contributed by atoms with van der Waals surface area (Å²) in [7, 11) is 0. The number of benzene rings is 1. The summed E-state index contributed by atoms with van der Waals surface area (Å²) in [6.07, 6.45) is 12.8. The quantitative estimate of drug-likeness (QED) is 0.542. The van der Waals surface area contributed by atoms with Crippen molar-refractivity contribution in [3.63, 3.8) is 0 Å². The van der Waals surface area contributed by atoms with E-state index in [0.29, 0.717) is 23.5 Å². The van der Waals surface area contributed by atoms with Crippen LogP contribution >= 0.6 is 0 Å². The number of hydrogen-bond acceptors (Lipinski definition) is 9. The van der Waals surface area contributed by atoms with E-state index in [1.807, 2.05) is 12.1 Å². The highest BCUT2D eigenvalue weighted by Crippen LogP contribution is 2.71. The average Bonchev–Trinajstić information content (AvgIpc) is 2.99. The van der Waals surface area contributed by atoms with Crippen molar-refractivity contribution in [3.8, 4) is 5.75 Å². The molecule has 4 bridgehead atoms. The number of phenols is 1. The molecule has 1 N–H and O–H groups in total. The molecule has 1 atom stereocenters. The molecule has 40 heavy (non-hydrogen) atoms. The smallest absolute Gasteiger partial charge is 0.240 e. The minimum Gasteiger partial charge on any atom is -0.508 e. The van der Waals surface area contributed by atoms with Crippen molar-refractivity contribution in [1.82, 2.24) is 14.9 Å². The lowest BCUT2D eigenvalue weighted by atomic mass is 9.40. The van der Waals surface area contributed by atoms with Gasteiger partial charge in [-0.2, -0.15) is 9.78 Å². The predicted molar refractivity (Wildman–Crippen MR) is 146 cm³/mol. The van der Waals surface area contributed by atoms with Gasteiger partial charge < -0.3 is 10.0 Å². The van der Waals surface area contributed by atoms with Gasteiger partial charge in [-0.1, -0.05) is 12.1 Å². The number of aromatic nitrogens is 2. The summed E-state index contributed by atoms with van der Waals surface area (Å²) < 4.78 is 0. The molecule has 5 aliphatic carbocycles. The van der Waals surface area contributed by atoms with Crippen molar-refractivity contribution < 1.29 is 24.7 Å². The van der Waals surface area contributed by atoms with E-state index in [4.69, 9.17) is 19.6 Å². The lowest BCUT2D eigenvalue weighted by Crippen LogP contribution is -2.68. The van der Waals surface area contributed by atoms with Gasteiger partial charge in [-0.05, 0) is 92.2 Å². The summed E-state index contributed by atoms with van der Waals surface area (Å²) in [4.78, 5) is 36.8. The van der Waals surface area contributed by atoms with Crippen LogP contribution in [0.5, 0.6) is 5.75 Å². The van der Waals surface area contributed by atoms with E-state index in [9.17, 15) is 5.11 Å². The van der Waals surface area contributed by atoms with Crippen molar-refractivity contribution in [1.29, 1.82) is 0 Å². The topological polar surface area (TPSA) is 89.4 Å². The first kappa shape index (κ1) is 25.4. The van der Waals surface area contributed by atoms with Gasteiger partial charge in [-0.3, -0.25) is 4.90 Å². The molecule has 1 unspecified atom stereocenters. The second kappa shape index (κ2) is 9.91. The highest BCUT2D eigenvalue weighted by atomic mass is 17.4. The van der Waals surface area contributed by atoms with Crippen molar-refractivity contribution in [3.05, 3.63) is 47.8 Å². The fraction of sp³-hybridized carbons (Fsp3) is 0.677. The molecule has 2 aliphatic heterocycles. The highest BCUT2D eigenvalue weighted by Gasteiger charge is 2.71. The number of aromatic hydroxyl groups is 1. The number of nitrogens with zero attached hydrogens (tertiary/aromatic N) is 4. The molecule has 5 saturated carbocycles. The van der Waals surface area contributed by atoms with E-state index in [0.717, 1.165) is 75.3 Å². The Bertz CT molecular complexity index is 1190. The molecule has 3 heterocycles. The number of hydrogen-bond donors (Lipinski definition) is 1. The van der Waals surface area contributed by atoms with Gasteiger partial charge in [0.25, 0.3) is 0 Å². The summed E-state index contributed by atoms with van der Waals surface area (Å²) in [5.41, 5.74) is 2.24. The zero-order valence-corrected chi connectivity index (χ0v) is 23.1. The van der Waals surface area contributed by atoms with Gasteiger partial charge in [0.15, 0.2) is 0 Å². The first-order valence-electron chi connectivity index (χ1n) is 15.3. The molecule has 1 aromatic heterocycles. The zero-order valence-electron chi connectivity index (χ0n) is 23.1. The molecule has 9 nitrogen and oxygen atoms in total. The van der Waals surface area contributed by atoms with Crippen molar-refractivity contribution in [2.24, 2.45) is 29.1 Å². The predicted octanol–water partition coefficient (Wildman–Crippen LogP) is 4.78. The molecular weight excluding hydrogens is 508 g/mol. The lowest BCUT2D eigenvalue weighted by molar-refractivity contribution is -0.629. The number of phenolic OH excluding ortho intramolecular Hbond substituents is 1. The molecule has 1 aromatic carbocycles. The van der Waals surface area contributed by atoms with E-state index >= 15 is 0 Å². The first-order valence-corrected chi connectivity index (χ1v) is 15.3. The van der Waals surface area contributed by atoms with E-state index in [2.05, 4.69) is 31.9 Å². The van der Waals surface area contributed by atoms with Gasteiger partial charge in [-0.25, -0.2) is 19.7 Å². The van der Waals surface area contributed by atoms with Crippen LogP contribution in [0, 0.1) is 29.1 Å². The van der Waals surface area contributed by atoms with Gasteiger partial charge >= 0.3 is 0 Å². The molecule has 7 fully saturated rings. The van der Waals surface area contributed by atoms with E-state index in [-0.39, 0.29) is 12.2 Å². The summed E-state index contributed by atoms with van der Waals surface area (Å²) in [5.74, 6) is 3.62. The molecular formula is C31H40N4O5. The van der Waals surface area contributed by atoms with Crippen LogP contribution < -0.4 is 4.90 Å². The number of piperazine rings is 1. The largest absolute Gasteiger partial charge is 0.508 e. The Hall–Kier alpha value is -2.30. The lowest BCUT2D eigenvalue weighted by Gasteiger charge is -2.68. The van der Waals surface area contributed by atoms with E-state index < -0.39 is 5.79 Å².